The number of rotatable bonds is 5. The number of fused-ring (bicyclic) bond motifs is 1. The van der Waals surface area contributed by atoms with Gasteiger partial charge in [0.1, 0.15) is 0 Å². The van der Waals surface area contributed by atoms with Gasteiger partial charge < -0.3 is 15.0 Å². The average Bonchev–Trinajstić information content (AvgIpc) is 2.92. The average molecular weight is 296 g/mol. The van der Waals surface area contributed by atoms with E-state index in [1.54, 1.807) is 0 Å². The van der Waals surface area contributed by atoms with Crippen LogP contribution in [-0.4, -0.2) is 29.4 Å². The number of benzene rings is 1. The number of likely N-dealkylation sites (N-methyl/N-ethyl adjacent to an activating group) is 1. The van der Waals surface area contributed by atoms with Crippen molar-refractivity contribution in [3.63, 3.8) is 0 Å². The Bertz CT molecular complexity index is 711. The van der Waals surface area contributed by atoms with Crippen LogP contribution < -0.4 is 5.32 Å². The molecule has 1 aliphatic carbocycles. The van der Waals surface area contributed by atoms with Gasteiger partial charge in [-0.3, -0.25) is 0 Å². The van der Waals surface area contributed by atoms with Crippen LogP contribution in [0.25, 0.3) is 10.9 Å². The van der Waals surface area contributed by atoms with E-state index < -0.39 is 6.10 Å². The van der Waals surface area contributed by atoms with Crippen molar-refractivity contribution in [3.8, 4) is 0 Å². The Balaban J connectivity index is 2.08. The molecule has 0 bridgehead atoms. The van der Waals surface area contributed by atoms with E-state index in [2.05, 4.69) is 65.5 Å². The Labute approximate surface area is 132 Å². The SMILES string of the molecule is CNCC(O)[C@H](C1=CC=CCC1)n1ccc2ccc(C)cc21. The largest absolute Gasteiger partial charge is 0.389 e. The Morgan fingerprint density at radius 2 is 2.18 bits per heavy atom. The van der Waals surface area contributed by atoms with E-state index in [0.29, 0.717) is 6.54 Å². The van der Waals surface area contributed by atoms with Crippen LogP contribution in [0.2, 0.25) is 0 Å². The summed E-state index contributed by atoms with van der Waals surface area (Å²) in [4.78, 5) is 0. The molecule has 116 valence electrons. The summed E-state index contributed by atoms with van der Waals surface area (Å²) in [5, 5.41) is 15.0. The Hall–Kier alpha value is -1.84. The number of hydrogen-bond acceptors (Lipinski definition) is 2. The zero-order valence-electron chi connectivity index (χ0n) is 13.3. The molecule has 0 saturated heterocycles. The third kappa shape index (κ3) is 2.87. The molecule has 3 nitrogen and oxygen atoms in total. The summed E-state index contributed by atoms with van der Waals surface area (Å²) in [7, 11) is 1.88. The van der Waals surface area contributed by atoms with Crippen molar-refractivity contribution < 1.29 is 5.11 Å². The summed E-state index contributed by atoms with van der Waals surface area (Å²) < 4.78 is 2.23. The number of aliphatic hydroxyl groups excluding tert-OH is 1. The van der Waals surface area contributed by atoms with Crippen molar-refractivity contribution in [2.75, 3.05) is 13.6 Å². The minimum absolute atomic E-state index is 0.0169. The molecule has 1 aromatic heterocycles. The van der Waals surface area contributed by atoms with Crippen LogP contribution in [0, 0.1) is 6.92 Å². The summed E-state index contributed by atoms with van der Waals surface area (Å²) in [5.41, 5.74) is 3.73. The summed E-state index contributed by atoms with van der Waals surface area (Å²) in [6.45, 7) is 2.69. The maximum absolute atomic E-state index is 10.7. The number of aromatic nitrogens is 1. The minimum Gasteiger partial charge on any atom is -0.389 e. The first-order chi connectivity index (χ1) is 10.7. The number of nitrogens with zero attached hydrogens (tertiary/aromatic N) is 1. The first-order valence-electron chi connectivity index (χ1n) is 7.96. The summed E-state index contributed by atoms with van der Waals surface area (Å²) in [6, 6.07) is 8.60. The second-order valence-electron chi connectivity index (χ2n) is 6.06. The van der Waals surface area contributed by atoms with E-state index in [9.17, 15) is 5.11 Å². The molecule has 2 aromatic rings. The highest BCUT2D eigenvalue weighted by Gasteiger charge is 2.25. The van der Waals surface area contributed by atoms with Gasteiger partial charge in [-0.2, -0.15) is 0 Å². The Morgan fingerprint density at radius 1 is 1.32 bits per heavy atom. The van der Waals surface area contributed by atoms with Crippen LogP contribution in [-0.2, 0) is 0 Å². The lowest BCUT2D eigenvalue weighted by Gasteiger charge is -2.29. The van der Waals surface area contributed by atoms with Gasteiger partial charge in [0.15, 0.2) is 0 Å². The molecule has 1 unspecified atom stereocenters. The zero-order valence-corrected chi connectivity index (χ0v) is 13.3. The number of aliphatic hydroxyl groups is 1. The van der Waals surface area contributed by atoms with Crippen molar-refractivity contribution in [1.82, 2.24) is 9.88 Å². The smallest absolute Gasteiger partial charge is 0.0909 e. The molecule has 2 N–H and O–H groups in total. The van der Waals surface area contributed by atoms with E-state index in [-0.39, 0.29) is 6.04 Å². The van der Waals surface area contributed by atoms with Gasteiger partial charge in [0, 0.05) is 18.3 Å². The van der Waals surface area contributed by atoms with Crippen molar-refractivity contribution >= 4 is 10.9 Å². The molecular formula is C19H24N2O. The summed E-state index contributed by atoms with van der Waals surface area (Å²) in [5.74, 6) is 0. The topological polar surface area (TPSA) is 37.2 Å². The van der Waals surface area contributed by atoms with E-state index in [4.69, 9.17) is 0 Å². The molecule has 0 aliphatic heterocycles. The van der Waals surface area contributed by atoms with Crippen molar-refractivity contribution in [1.29, 1.82) is 0 Å². The number of allylic oxidation sites excluding steroid dienone is 3. The fraction of sp³-hybridized carbons (Fsp3) is 0.368. The standard InChI is InChI=1S/C19H24N2O/c1-14-8-9-15-10-11-21(17(15)12-14)19(18(22)13-20-2)16-6-4-3-5-7-16/h3-4,6,8-12,18-20,22H,5,7,13H2,1-2H3/t18?,19-/m0/s1. The third-order valence-electron chi connectivity index (χ3n) is 4.38. The molecular weight excluding hydrogens is 272 g/mol. The monoisotopic (exact) mass is 296 g/mol. The molecule has 0 fully saturated rings. The van der Waals surface area contributed by atoms with Crippen LogP contribution in [0.15, 0.2) is 54.3 Å². The van der Waals surface area contributed by atoms with Crippen LogP contribution in [0.5, 0.6) is 0 Å². The first kappa shape index (κ1) is 15.1. The van der Waals surface area contributed by atoms with Crippen LogP contribution in [0.3, 0.4) is 0 Å². The molecule has 22 heavy (non-hydrogen) atoms. The van der Waals surface area contributed by atoms with Crippen LogP contribution >= 0.6 is 0 Å². The predicted octanol–water partition coefficient (Wildman–Crippen LogP) is 3.35. The van der Waals surface area contributed by atoms with Gasteiger partial charge in [0.05, 0.1) is 12.1 Å². The zero-order chi connectivity index (χ0) is 15.5. The van der Waals surface area contributed by atoms with Gasteiger partial charge in [-0.1, -0.05) is 30.4 Å². The second-order valence-corrected chi connectivity index (χ2v) is 6.06. The third-order valence-corrected chi connectivity index (χ3v) is 4.38. The minimum atomic E-state index is -0.445. The molecule has 1 aromatic carbocycles. The molecule has 2 atom stereocenters. The van der Waals surface area contributed by atoms with E-state index in [1.165, 1.54) is 22.0 Å². The molecule has 0 spiro atoms. The van der Waals surface area contributed by atoms with Gasteiger partial charge in [-0.15, -0.1) is 0 Å². The lowest BCUT2D eigenvalue weighted by Crippen LogP contribution is -2.34. The quantitative estimate of drug-likeness (QED) is 0.888. The first-order valence-corrected chi connectivity index (χ1v) is 7.96. The predicted molar refractivity (Wildman–Crippen MR) is 92.1 cm³/mol. The highest BCUT2D eigenvalue weighted by atomic mass is 16.3. The summed E-state index contributed by atoms with van der Waals surface area (Å²) >= 11 is 0. The molecule has 1 heterocycles. The van der Waals surface area contributed by atoms with Crippen molar-refractivity contribution in [3.05, 3.63) is 59.8 Å². The van der Waals surface area contributed by atoms with Crippen LogP contribution in [0.4, 0.5) is 0 Å². The second kappa shape index (κ2) is 6.51. The van der Waals surface area contributed by atoms with Crippen LogP contribution in [0.1, 0.15) is 24.4 Å². The maximum atomic E-state index is 10.7. The van der Waals surface area contributed by atoms with Gasteiger partial charge in [0.2, 0.25) is 0 Å². The normalized spacial score (nSPS) is 17.5. The number of hydrogen-bond donors (Lipinski definition) is 2. The molecule has 0 amide bonds. The van der Waals surface area contributed by atoms with Gasteiger partial charge in [-0.05, 0) is 55.5 Å². The fourth-order valence-electron chi connectivity index (χ4n) is 3.30. The Morgan fingerprint density at radius 3 is 2.91 bits per heavy atom. The van der Waals surface area contributed by atoms with Crippen molar-refractivity contribution in [2.24, 2.45) is 0 Å². The molecule has 0 radical (unpaired) electrons. The number of aryl methyl sites for hydroxylation is 1. The highest BCUT2D eigenvalue weighted by Crippen LogP contribution is 2.32. The fourth-order valence-corrected chi connectivity index (χ4v) is 3.30. The van der Waals surface area contributed by atoms with Gasteiger partial charge in [0.25, 0.3) is 0 Å². The number of nitrogens with one attached hydrogen (secondary N) is 1. The van der Waals surface area contributed by atoms with E-state index >= 15 is 0 Å². The Kier molecular flexibility index (Phi) is 4.46. The van der Waals surface area contributed by atoms with E-state index in [1.807, 2.05) is 7.05 Å². The lowest BCUT2D eigenvalue weighted by atomic mass is 9.93. The molecule has 0 saturated carbocycles. The lowest BCUT2D eigenvalue weighted by molar-refractivity contribution is 0.129. The maximum Gasteiger partial charge on any atom is 0.0909 e. The van der Waals surface area contributed by atoms with Gasteiger partial charge in [-0.25, -0.2) is 0 Å². The van der Waals surface area contributed by atoms with Crippen molar-refractivity contribution in [2.45, 2.75) is 31.9 Å². The highest BCUT2D eigenvalue weighted by molar-refractivity contribution is 5.81. The van der Waals surface area contributed by atoms with E-state index in [0.717, 1.165) is 12.8 Å². The van der Waals surface area contributed by atoms with Gasteiger partial charge >= 0.3 is 0 Å². The molecule has 1 aliphatic rings. The molecule has 3 heteroatoms. The molecule has 3 rings (SSSR count). The summed E-state index contributed by atoms with van der Waals surface area (Å²) in [6.07, 6.45) is 10.2.